The van der Waals surface area contributed by atoms with E-state index in [0.717, 1.165) is 11.5 Å². The average molecular weight is 268 g/mol. The van der Waals surface area contributed by atoms with E-state index in [-0.39, 0.29) is 10.9 Å². The monoisotopic (exact) mass is 268 g/mol. The second-order valence-electron chi connectivity index (χ2n) is 5.01. The Kier molecular flexibility index (Phi) is 3.75. The highest BCUT2D eigenvalue weighted by Crippen LogP contribution is 2.35. The molecule has 1 aliphatic rings. The van der Waals surface area contributed by atoms with Gasteiger partial charge >= 0.3 is 0 Å². The Balaban J connectivity index is 2.01. The number of hydrogen-bond acceptors (Lipinski definition) is 3. The van der Waals surface area contributed by atoms with Crippen molar-refractivity contribution in [2.24, 2.45) is 11.1 Å². The summed E-state index contributed by atoms with van der Waals surface area (Å²) in [5.74, 6) is 0.802. The Labute approximate surface area is 109 Å². The molecule has 18 heavy (non-hydrogen) atoms. The number of nitrogens with one attached hydrogen (secondary N) is 1. The molecule has 3 N–H and O–H groups in total. The first kappa shape index (κ1) is 13.5. The summed E-state index contributed by atoms with van der Waals surface area (Å²) in [6.07, 6.45) is 2.46. The van der Waals surface area contributed by atoms with Crippen LogP contribution in [0.4, 0.5) is 0 Å². The molecular weight excluding hydrogens is 248 g/mol. The van der Waals surface area contributed by atoms with E-state index in [1.807, 2.05) is 12.1 Å². The van der Waals surface area contributed by atoms with Gasteiger partial charge < -0.3 is 5.32 Å². The fraction of sp³-hybridized carbons (Fsp3) is 0.538. The molecule has 1 aliphatic carbocycles. The maximum atomic E-state index is 11.1. The molecule has 3 unspecified atom stereocenters. The van der Waals surface area contributed by atoms with Gasteiger partial charge in [-0.2, -0.15) is 0 Å². The lowest BCUT2D eigenvalue weighted by Crippen LogP contribution is -2.22. The first-order valence-corrected chi connectivity index (χ1v) is 7.85. The quantitative estimate of drug-likeness (QED) is 0.855. The summed E-state index contributed by atoms with van der Waals surface area (Å²) in [7, 11) is -3.59. The van der Waals surface area contributed by atoms with Crippen molar-refractivity contribution < 1.29 is 8.42 Å². The van der Waals surface area contributed by atoms with Gasteiger partial charge in [-0.05, 0) is 37.0 Å². The Morgan fingerprint density at radius 2 is 2.00 bits per heavy atom. The van der Waals surface area contributed by atoms with Crippen LogP contribution < -0.4 is 10.5 Å². The van der Waals surface area contributed by atoms with E-state index < -0.39 is 10.0 Å². The van der Waals surface area contributed by atoms with Crippen molar-refractivity contribution in [2.45, 2.75) is 43.7 Å². The van der Waals surface area contributed by atoms with Crippen LogP contribution in [0.15, 0.2) is 29.2 Å². The van der Waals surface area contributed by atoms with Gasteiger partial charge in [0.15, 0.2) is 0 Å². The van der Waals surface area contributed by atoms with Gasteiger partial charge in [0.05, 0.1) is 4.90 Å². The number of sulfonamides is 1. The summed E-state index contributed by atoms with van der Waals surface area (Å²) in [4.78, 5) is 0.163. The lowest BCUT2D eigenvalue weighted by atomic mass is 10.1. The second kappa shape index (κ2) is 4.99. The van der Waals surface area contributed by atoms with Gasteiger partial charge in [0.25, 0.3) is 0 Å². The molecule has 2 rings (SSSR count). The molecular formula is C13H20N2O2S. The highest BCUT2D eigenvalue weighted by molar-refractivity contribution is 7.89. The van der Waals surface area contributed by atoms with Crippen molar-refractivity contribution >= 4 is 10.0 Å². The summed E-state index contributed by atoms with van der Waals surface area (Å²) in [6.45, 7) is 4.30. The van der Waals surface area contributed by atoms with Crippen LogP contribution in [0.5, 0.6) is 0 Å². The molecule has 0 bridgehead atoms. The predicted molar refractivity (Wildman–Crippen MR) is 71.6 cm³/mol. The zero-order chi connectivity index (χ0) is 13.3. The maximum absolute atomic E-state index is 11.1. The summed E-state index contributed by atoms with van der Waals surface area (Å²) in [5, 5.41) is 8.62. The summed E-state index contributed by atoms with van der Waals surface area (Å²) < 4.78 is 22.3. The molecule has 0 heterocycles. The van der Waals surface area contributed by atoms with E-state index in [1.54, 1.807) is 12.1 Å². The smallest absolute Gasteiger partial charge is 0.238 e. The fourth-order valence-corrected chi connectivity index (χ4v) is 2.78. The second-order valence-corrected chi connectivity index (χ2v) is 6.57. The molecule has 1 aromatic rings. The molecule has 100 valence electrons. The van der Waals surface area contributed by atoms with Crippen LogP contribution in [0.2, 0.25) is 0 Å². The molecule has 0 amide bonds. The van der Waals surface area contributed by atoms with Crippen molar-refractivity contribution in [3.05, 3.63) is 29.8 Å². The van der Waals surface area contributed by atoms with Gasteiger partial charge in [-0.25, -0.2) is 13.6 Å². The number of rotatable bonds is 5. The number of benzene rings is 1. The first-order chi connectivity index (χ1) is 8.41. The highest BCUT2D eigenvalue weighted by Gasteiger charge is 2.35. The molecule has 0 radical (unpaired) electrons. The Bertz CT molecular complexity index is 510. The molecule has 0 aromatic heterocycles. The van der Waals surface area contributed by atoms with Gasteiger partial charge in [0.1, 0.15) is 0 Å². The number of hydrogen-bond donors (Lipinski definition) is 2. The van der Waals surface area contributed by atoms with Gasteiger partial charge in [0, 0.05) is 12.1 Å². The van der Waals surface area contributed by atoms with Gasteiger partial charge in [-0.3, -0.25) is 0 Å². The van der Waals surface area contributed by atoms with E-state index in [2.05, 4.69) is 19.2 Å². The molecule has 1 saturated carbocycles. The largest absolute Gasteiger partial charge is 0.307 e. The highest BCUT2D eigenvalue weighted by atomic mass is 32.2. The van der Waals surface area contributed by atoms with E-state index in [0.29, 0.717) is 6.04 Å². The number of primary sulfonamides is 1. The molecule has 0 spiro atoms. The maximum Gasteiger partial charge on any atom is 0.238 e. The minimum atomic E-state index is -3.59. The van der Waals surface area contributed by atoms with Crippen LogP contribution in [0.25, 0.3) is 0 Å². The molecule has 4 nitrogen and oxygen atoms in total. The van der Waals surface area contributed by atoms with Crippen LogP contribution in [0.1, 0.15) is 38.3 Å². The fourth-order valence-electron chi connectivity index (χ4n) is 2.27. The van der Waals surface area contributed by atoms with Crippen LogP contribution in [0.3, 0.4) is 0 Å². The molecule has 0 aliphatic heterocycles. The topological polar surface area (TPSA) is 72.2 Å². The lowest BCUT2D eigenvalue weighted by Gasteiger charge is -2.14. The minimum absolute atomic E-state index is 0.163. The van der Waals surface area contributed by atoms with Crippen molar-refractivity contribution in [1.82, 2.24) is 5.32 Å². The average Bonchev–Trinajstić information content (AvgIpc) is 3.06. The van der Waals surface area contributed by atoms with E-state index in [4.69, 9.17) is 5.14 Å². The predicted octanol–water partition coefficient (Wildman–Crippen LogP) is 1.78. The van der Waals surface area contributed by atoms with Crippen LogP contribution >= 0.6 is 0 Å². The Hall–Kier alpha value is -0.910. The Morgan fingerprint density at radius 3 is 2.44 bits per heavy atom. The lowest BCUT2D eigenvalue weighted by molar-refractivity contribution is 0.539. The summed E-state index contributed by atoms with van der Waals surface area (Å²) in [5.41, 5.74) is 1.09. The molecule has 1 fully saturated rings. The van der Waals surface area contributed by atoms with Gasteiger partial charge in [-0.15, -0.1) is 0 Å². The van der Waals surface area contributed by atoms with E-state index >= 15 is 0 Å². The molecule has 0 saturated heterocycles. The van der Waals surface area contributed by atoms with Crippen molar-refractivity contribution in [1.29, 1.82) is 0 Å². The third-order valence-electron chi connectivity index (χ3n) is 3.62. The standard InChI is InChI=1S/C13H20N2O2S/c1-3-10-8-13(10)15-9(2)11-4-6-12(7-5-11)18(14,16)17/h4-7,9-10,13,15H,3,8H2,1-2H3,(H2,14,16,17). The zero-order valence-electron chi connectivity index (χ0n) is 10.8. The normalized spacial score (nSPS) is 24.8. The summed E-state index contributed by atoms with van der Waals surface area (Å²) in [6, 6.07) is 7.62. The van der Waals surface area contributed by atoms with E-state index in [1.165, 1.54) is 12.8 Å². The van der Waals surface area contributed by atoms with Crippen LogP contribution in [-0.2, 0) is 10.0 Å². The molecule has 1 aromatic carbocycles. The Morgan fingerprint density at radius 1 is 1.39 bits per heavy atom. The third kappa shape index (κ3) is 3.10. The van der Waals surface area contributed by atoms with Gasteiger partial charge in [0.2, 0.25) is 10.0 Å². The van der Waals surface area contributed by atoms with Crippen molar-refractivity contribution in [2.75, 3.05) is 0 Å². The van der Waals surface area contributed by atoms with Crippen molar-refractivity contribution in [3.63, 3.8) is 0 Å². The number of nitrogens with two attached hydrogens (primary N) is 1. The van der Waals surface area contributed by atoms with Crippen LogP contribution in [0, 0.1) is 5.92 Å². The zero-order valence-corrected chi connectivity index (χ0v) is 11.6. The van der Waals surface area contributed by atoms with E-state index in [9.17, 15) is 8.42 Å². The summed E-state index contributed by atoms with van der Waals surface area (Å²) >= 11 is 0. The van der Waals surface area contributed by atoms with Gasteiger partial charge in [-0.1, -0.05) is 25.5 Å². The molecule has 5 heteroatoms. The van der Waals surface area contributed by atoms with Crippen LogP contribution in [-0.4, -0.2) is 14.5 Å². The van der Waals surface area contributed by atoms with Crippen molar-refractivity contribution in [3.8, 4) is 0 Å². The first-order valence-electron chi connectivity index (χ1n) is 6.30. The molecule has 3 atom stereocenters. The minimum Gasteiger partial charge on any atom is -0.307 e. The SMILES string of the molecule is CCC1CC1NC(C)c1ccc(S(N)(=O)=O)cc1. The third-order valence-corrected chi connectivity index (χ3v) is 4.55.